The maximum absolute atomic E-state index is 12.6. The minimum atomic E-state index is -0.424. The molecular formula is C24H25ClN4O2. The van der Waals surface area contributed by atoms with Crippen LogP contribution in [0.3, 0.4) is 0 Å². The Morgan fingerprint density at radius 1 is 1.03 bits per heavy atom. The highest BCUT2D eigenvalue weighted by Gasteiger charge is 2.23. The second-order valence-corrected chi connectivity index (χ2v) is 8.17. The van der Waals surface area contributed by atoms with E-state index in [4.69, 9.17) is 11.6 Å². The number of hydrogen-bond acceptors (Lipinski definition) is 4. The van der Waals surface area contributed by atoms with Gasteiger partial charge in [0.25, 0.3) is 5.56 Å². The third-order valence-electron chi connectivity index (χ3n) is 5.68. The molecule has 1 aliphatic heterocycles. The van der Waals surface area contributed by atoms with Crippen molar-refractivity contribution in [2.45, 2.75) is 19.3 Å². The Bertz CT molecular complexity index is 1080. The summed E-state index contributed by atoms with van der Waals surface area (Å²) in [5.74, 6) is 0.602. The first-order chi connectivity index (χ1) is 15.1. The number of amides is 1. The summed E-state index contributed by atoms with van der Waals surface area (Å²) < 4.78 is 1.24. The molecule has 31 heavy (non-hydrogen) atoms. The summed E-state index contributed by atoms with van der Waals surface area (Å²) in [7, 11) is 0. The molecule has 7 heteroatoms. The molecule has 6 nitrogen and oxygen atoms in total. The second kappa shape index (κ2) is 9.79. The summed E-state index contributed by atoms with van der Waals surface area (Å²) in [5, 5.41) is 7.18. The van der Waals surface area contributed by atoms with Gasteiger partial charge in [0.15, 0.2) is 0 Å². The summed E-state index contributed by atoms with van der Waals surface area (Å²) in [4.78, 5) is 27.1. The zero-order chi connectivity index (χ0) is 21.6. The van der Waals surface area contributed by atoms with Crippen LogP contribution in [0.4, 0.5) is 5.69 Å². The van der Waals surface area contributed by atoms with Crippen LogP contribution in [0.2, 0.25) is 5.02 Å². The van der Waals surface area contributed by atoms with Crippen molar-refractivity contribution >= 4 is 23.2 Å². The number of para-hydroxylation sites is 1. The first kappa shape index (κ1) is 21.1. The van der Waals surface area contributed by atoms with Crippen molar-refractivity contribution in [2.24, 2.45) is 5.92 Å². The van der Waals surface area contributed by atoms with E-state index in [1.54, 1.807) is 12.1 Å². The average Bonchev–Trinajstić information content (AvgIpc) is 2.81. The number of likely N-dealkylation sites (tertiary alicyclic amines) is 1. The Morgan fingerprint density at radius 3 is 2.35 bits per heavy atom. The summed E-state index contributed by atoms with van der Waals surface area (Å²) in [6.45, 7) is 1.58. The van der Waals surface area contributed by atoms with Crippen LogP contribution in [-0.2, 0) is 11.2 Å². The van der Waals surface area contributed by atoms with Gasteiger partial charge >= 0.3 is 0 Å². The number of rotatable bonds is 6. The van der Waals surface area contributed by atoms with E-state index >= 15 is 0 Å². The van der Waals surface area contributed by atoms with Crippen molar-refractivity contribution in [3.8, 4) is 5.69 Å². The predicted octanol–water partition coefficient (Wildman–Crippen LogP) is 3.78. The summed E-state index contributed by atoms with van der Waals surface area (Å²) in [6.07, 6.45) is 4.53. The molecule has 0 atom stereocenters. The van der Waals surface area contributed by atoms with Crippen LogP contribution >= 0.6 is 11.6 Å². The molecule has 2 heterocycles. The number of nitrogens with zero attached hydrogens (tertiary/aromatic N) is 3. The number of anilines is 1. The molecule has 0 aliphatic carbocycles. The van der Waals surface area contributed by atoms with Crippen LogP contribution in [0.5, 0.6) is 0 Å². The fraction of sp³-hybridized carbons (Fsp3) is 0.292. The maximum Gasteiger partial charge on any atom is 0.292 e. The number of carbonyl (C=O) groups excluding carboxylic acids is 1. The number of benzene rings is 2. The minimum Gasteiger partial charge on any atom is -0.373 e. The fourth-order valence-electron chi connectivity index (χ4n) is 3.93. The van der Waals surface area contributed by atoms with Gasteiger partial charge in [0, 0.05) is 13.1 Å². The number of hydrogen-bond donors (Lipinski definition) is 1. The number of nitrogens with one attached hydrogen (secondary N) is 1. The van der Waals surface area contributed by atoms with Gasteiger partial charge in [0.1, 0.15) is 5.02 Å². The van der Waals surface area contributed by atoms with Crippen LogP contribution in [0.1, 0.15) is 18.4 Å². The zero-order valence-electron chi connectivity index (χ0n) is 17.2. The van der Waals surface area contributed by atoms with Crippen molar-refractivity contribution in [3.63, 3.8) is 0 Å². The summed E-state index contributed by atoms with van der Waals surface area (Å²) in [5.41, 5.74) is 1.93. The van der Waals surface area contributed by atoms with Gasteiger partial charge in [0.05, 0.1) is 24.1 Å². The Morgan fingerprint density at radius 2 is 1.68 bits per heavy atom. The molecule has 3 aromatic rings. The third-order valence-corrected chi connectivity index (χ3v) is 6.05. The van der Waals surface area contributed by atoms with Gasteiger partial charge in [-0.1, -0.05) is 60.1 Å². The maximum atomic E-state index is 12.6. The van der Waals surface area contributed by atoms with E-state index in [0.717, 1.165) is 32.4 Å². The first-order valence-corrected chi connectivity index (χ1v) is 10.9. The Balaban J connectivity index is 1.31. The van der Waals surface area contributed by atoms with Crippen LogP contribution < -0.4 is 10.9 Å². The number of carbonyl (C=O) groups is 1. The summed E-state index contributed by atoms with van der Waals surface area (Å²) in [6, 6.07) is 19.6. The Kier molecular flexibility index (Phi) is 6.67. The van der Waals surface area contributed by atoms with E-state index in [9.17, 15) is 9.59 Å². The van der Waals surface area contributed by atoms with Gasteiger partial charge in [-0.3, -0.25) is 9.59 Å². The van der Waals surface area contributed by atoms with Gasteiger partial charge in [-0.2, -0.15) is 9.78 Å². The van der Waals surface area contributed by atoms with Crippen molar-refractivity contribution in [2.75, 3.05) is 25.0 Å². The molecule has 1 aromatic heterocycles. The highest BCUT2D eigenvalue weighted by Crippen LogP contribution is 2.22. The molecule has 1 amide bonds. The van der Waals surface area contributed by atoms with E-state index in [2.05, 4.69) is 34.7 Å². The van der Waals surface area contributed by atoms with Crippen molar-refractivity contribution < 1.29 is 4.79 Å². The molecule has 2 aromatic carbocycles. The molecule has 1 fully saturated rings. The highest BCUT2D eigenvalue weighted by atomic mass is 35.5. The number of piperidine rings is 1. The van der Waals surface area contributed by atoms with E-state index in [1.807, 2.05) is 29.2 Å². The van der Waals surface area contributed by atoms with Gasteiger partial charge in [-0.25, -0.2) is 0 Å². The molecule has 0 radical (unpaired) electrons. The van der Waals surface area contributed by atoms with Crippen molar-refractivity contribution in [1.29, 1.82) is 0 Å². The van der Waals surface area contributed by atoms with Crippen molar-refractivity contribution in [3.05, 3.63) is 87.8 Å². The molecule has 4 rings (SSSR count). The van der Waals surface area contributed by atoms with Gasteiger partial charge in [-0.15, -0.1) is 0 Å². The fourth-order valence-corrected chi connectivity index (χ4v) is 4.12. The predicted molar refractivity (Wildman–Crippen MR) is 123 cm³/mol. The van der Waals surface area contributed by atoms with E-state index in [-0.39, 0.29) is 17.5 Å². The Labute approximate surface area is 186 Å². The summed E-state index contributed by atoms with van der Waals surface area (Å²) >= 11 is 6.25. The molecule has 1 saturated heterocycles. The molecule has 1 aliphatic rings. The normalized spacial score (nSPS) is 14.4. The quantitative estimate of drug-likeness (QED) is 0.638. The van der Waals surface area contributed by atoms with Crippen molar-refractivity contribution in [1.82, 2.24) is 14.7 Å². The highest BCUT2D eigenvalue weighted by molar-refractivity contribution is 6.33. The van der Waals surface area contributed by atoms with Crippen LogP contribution in [-0.4, -0.2) is 40.2 Å². The topological polar surface area (TPSA) is 67.2 Å². The number of halogens is 1. The lowest BCUT2D eigenvalue weighted by molar-refractivity contribution is -0.130. The SMILES string of the molecule is O=C(CNc1cnn(-c2ccccc2)c(=O)c1Cl)N1CCC(Cc2ccccc2)CC1. The monoisotopic (exact) mass is 436 g/mol. The van der Waals surface area contributed by atoms with Gasteiger partial charge < -0.3 is 10.2 Å². The first-order valence-electron chi connectivity index (χ1n) is 10.5. The number of aromatic nitrogens is 2. The standard InChI is InChI=1S/C24H25ClN4O2/c25-23-21(16-27-29(24(23)31)20-9-5-2-6-10-20)26-17-22(30)28-13-11-19(12-14-28)15-18-7-3-1-4-8-18/h1-10,16,19,26H,11-15,17H2. The van der Waals surface area contributed by atoms with E-state index in [0.29, 0.717) is 17.3 Å². The largest absolute Gasteiger partial charge is 0.373 e. The van der Waals surface area contributed by atoms with Crippen LogP contribution in [0.25, 0.3) is 5.69 Å². The lowest BCUT2D eigenvalue weighted by Gasteiger charge is -2.32. The van der Waals surface area contributed by atoms with Gasteiger partial charge in [-0.05, 0) is 42.9 Å². The van der Waals surface area contributed by atoms with Crippen LogP contribution in [0, 0.1) is 5.92 Å². The Hall–Kier alpha value is -3.12. The zero-order valence-corrected chi connectivity index (χ0v) is 18.0. The molecular weight excluding hydrogens is 412 g/mol. The molecule has 0 bridgehead atoms. The second-order valence-electron chi connectivity index (χ2n) is 7.79. The van der Waals surface area contributed by atoms with Gasteiger partial charge in [0.2, 0.25) is 5.91 Å². The average molecular weight is 437 g/mol. The smallest absolute Gasteiger partial charge is 0.292 e. The lowest BCUT2D eigenvalue weighted by Crippen LogP contribution is -2.41. The molecule has 0 unspecified atom stereocenters. The molecule has 0 saturated carbocycles. The van der Waals surface area contributed by atoms with E-state index in [1.165, 1.54) is 16.4 Å². The molecule has 160 valence electrons. The lowest BCUT2D eigenvalue weighted by atomic mass is 9.90. The van der Waals surface area contributed by atoms with E-state index < -0.39 is 5.56 Å². The molecule has 0 spiro atoms. The minimum absolute atomic E-state index is 0.00136. The molecule has 1 N–H and O–H groups in total. The third kappa shape index (κ3) is 5.14. The van der Waals surface area contributed by atoms with Crippen LogP contribution in [0.15, 0.2) is 71.7 Å².